The molecular formula is C16H16O4. The van der Waals surface area contributed by atoms with Gasteiger partial charge < -0.3 is 10.2 Å². The van der Waals surface area contributed by atoms with Crippen molar-refractivity contribution in [3.05, 3.63) is 47.0 Å². The minimum atomic E-state index is -1.06. The number of aromatic carboxylic acids is 2. The van der Waals surface area contributed by atoms with Gasteiger partial charge in [-0.25, -0.2) is 9.59 Å². The molecule has 0 aromatic heterocycles. The second kappa shape index (κ2) is 4.63. The van der Waals surface area contributed by atoms with Gasteiger partial charge in [-0.3, -0.25) is 0 Å². The first-order valence-corrected chi connectivity index (χ1v) is 6.25. The molecule has 0 saturated carbocycles. The molecule has 2 N–H and O–H groups in total. The van der Waals surface area contributed by atoms with Gasteiger partial charge in [-0.1, -0.05) is 32.9 Å². The van der Waals surface area contributed by atoms with Crippen LogP contribution in [-0.2, 0) is 5.41 Å². The molecule has 0 amide bonds. The highest BCUT2D eigenvalue weighted by molar-refractivity contribution is 6.11. The molecule has 2 aromatic carbocycles. The molecule has 0 unspecified atom stereocenters. The summed E-state index contributed by atoms with van der Waals surface area (Å²) in [5, 5.41) is 19.4. The first-order valence-electron chi connectivity index (χ1n) is 6.25. The van der Waals surface area contributed by atoms with Crippen LogP contribution in [0.2, 0.25) is 0 Å². The molecule has 104 valence electrons. The number of hydrogen-bond acceptors (Lipinski definition) is 2. The predicted octanol–water partition coefficient (Wildman–Crippen LogP) is 3.53. The Hall–Kier alpha value is -2.36. The van der Waals surface area contributed by atoms with Gasteiger partial charge >= 0.3 is 11.9 Å². The third-order valence-electron chi connectivity index (χ3n) is 3.34. The van der Waals surface area contributed by atoms with Crippen molar-refractivity contribution in [2.24, 2.45) is 0 Å². The van der Waals surface area contributed by atoms with Crippen LogP contribution in [0.3, 0.4) is 0 Å². The molecule has 0 aliphatic heterocycles. The standard InChI is InChI=1S/C16H16O4/c1-16(2,3)9-4-5-10-11(14(17)18)6-7-12(15(19)20)13(10)8-9/h4-8H,1-3H3,(H,17,18)(H,19,20). The first kappa shape index (κ1) is 14.1. The maximum atomic E-state index is 11.3. The highest BCUT2D eigenvalue weighted by Gasteiger charge is 2.19. The first-order chi connectivity index (χ1) is 9.21. The van der Waals surface area contributed by atoms with Gasteiger partial charge in [0.2, 0.25) is 0 Å². The lowest BCUT2D eigenvalue weighted by molar-refractivity contribution is 0.0684. The van der Waals surface area contributed by atoms with E-state index in [-0.39, 0.29) is 16.5 Å². The smallest absolute Gasteiger partial charge is 0.336 e. The molecule has 0 aliphatic carbocycles. The molecule has 0 bridgehead atoms. The maximum Gasteiger partial charge on any atom is 0.336 e. The molecule has 0 radical (unpaired) electrons. The zero-order valence-corrected chi connectivity index (χ0v) is 11.6. The van der Waals surface area contributed by atoms with E-state index in [1.807, 2.05) is 26.8 Å². The van der Waals surface area contributed by atoms with Crippen molar-refractivity contribution < 1.29 is 19.8 Å². The van der Waals surface area contributed by atoms with Gasteiger partial charge in [0, 0.05) is 0 Å². The van der Waals surface area contributed by atoms with Crippen molar-refractivity contribution in [2.75, 3.05) is 0 Å². The predicted molar refractivity (Wildman–Crippen MR) is 76.6 cm³/mol. The van der Waals surface area contributed by atoms with E-state index in [0.717, 1.165) is 5.56 Å². The van der Waals surface area contributed by atoms with Gasteiger partial charge in [0.05, 0.1) is 11.1 Å². The molecule has 0 saturated heterocycles. The van der Waals surface area contributed by atoms with Crippen molar-refractivity contribution in [2.45, 2.75) is 26.2 Å². The van der Waals surface area contributed by atoms with Crippen LogP contribution in [0, 0.1) is 0 Å². The number of benzene rings is 2. The summed E-state index contributed by atoms with van der Waals surface area (Å²) in [5.74, 6) is -2.12. The van der Waals surface area contributed by atoms with Gasteiger partial charge in [-0.15, -0.1) is 0 Å². The Kier molecular flexibility index (Phi) is 3.26. The van der Waals surface area contributed by atoms with Crippen LogP contribution >= 0.6 is 0 Å². The summed E-state index contributed by atoms with van der Waals surface area (Å²) in [7, 11) is 0. The SMILES string of the molecule is CC(C)(C)c1ccc2c(C(=O)O)ccc(C(=O)O)c2c1. The average molecular weight is 272 g/mol. The Labute approximate surface area is 116 Å². The minimum Gasteiger partial charge on any atom is -0.478 e. The summed E-state index contributed by atoms with van der Waals surface area (Å²) in [6, 6.07) is 7.99. The summed E-state index contributed by atoms with van der Waals surface area (Å²) in [6.45, 7) is 6.07. The normalized spacial score (nSPS) is 11.6. The highest BCUT2D eigenvalue weighted by Crippen LogP contribution is 2.30. The van der Waals surface area contributed by atoms with Gasteiger partial charge in [0.15, 0.2) is 0 Å². The number of fused-ring (bicyclic) bond motifs is 1. The molecule has 2 rings (SSSR count). The van der Waals surface area contributed by atoms with E-state index < -0.39 is 11.9 Å². The molecule has 0 fully saturated rings. The fourth-order valence-electron chi connectivity index (χ4n) is 2.19. The van der Waals surface area contributed by atoms with E-state index in [9.17, 15) is 19.8 Å². The zero-order valence-electron chi connectivity index (χ0n) is 11.6. The molecule has 20 heavy (non-hydrogen) atoms. The topological polar surface area (TPSA) is 74.6 Å². The van der Waals surface area contributed by atoms with Gasteiger partial charge in [0.25, 0.3) is 0 Å². The minimum absolute atomic E-state index is 0.116. The number of hydrogen-bond donors (Lipinski definition) is 2. The summed E-state index contributed by atoms with van der Waals surface area (Å²) >= 11 is 0. The van der Waals surface area contributed by atoms with Crippen molar-refractivity contribution in [3.63, 3.8) is 0 Å². The number of carboxylic acids is 2. The summed E-state index contributed by atoms with van der Waals surface area (Å²) < 4.78 is 0. The molecule has 4 heteroatoms. The van der Waals surface area contributed by atoms with Gasteiger partial charge in [0.1, 0.15) is 0 Å². The molecule has 0 spiro atoms. The van der Waals surface area contributed by atoms with Gasteiger partial charge in [-0.2, -0.15) is 0 Å². The fraction of sp³-hybridized carbons (Fsp3) is 0.250. The molecule has 4 nitrogen and oxygen atoms in total. The third-order valence-corrected chi connectivity index (χ3v) is 3.34. The van der Waals surface area contributed by atoms with Crippen molar-refractivity contribution >= 4 is 22.7 Å². The maximum absolute atomic E-state index is 11.3. The Bertz CT molecular complexity index is 708. The van der Waals surface area contributed by atoms with E-state index in [2.05, 4.69) is 0 Å². The summed E-state index contributed by atoms with van der Waals surface area (Å²) in [6.07, 6.45) is 0. The van der Waals surface area contributed by atoms with Crippen LogP contribution in [0.4, 0.5) is 0 Å². The molecule has 2 aromatic rings. The van der Waals surface area contributed by atoms with Crippen LogP contribution in [-0.4, -0.2) is 22.2 Å². The van der Waals surface area contributed by atoms with Crippen LogP contribution < -0.4 is 0 Å². The van der Waals surface area contributed by atoms with E-state index in [0.29, 0.717) is 10.8 Å². The second-order valence-electron chi connectivity index (χ2n) is 5.78. The highest BCUT2D eigenvalue weighted by atomic mass is 16.4. The lowest BCUT2D eigenvalue weighted by atomic mass is 9.84. The third kappa shape index (κ3) is 2.37. The molecule has 0 atom stereocenters. The van der Waals surface area contributed by atoms with Crippen LogP contribution in [0.15, 0.2) is 30.3 Å². The van der Waals surface area contributed by atoms with E-state index >= 15 is 0 Å². The van der Waals surface area contributed by atoms with Crippen molar-refractivity contribution in [1.29, 1.82) is 0 Å². The summed E-state index contributed by atoms with van der Waals surface area (Å²) in [5.41, 5.74) is 1.07. The molecule has 0 heterocycles. The quantitative estimate of drug-likeness (QED) is 0.877. The van der Waals surface area contributed by atoms with Crippen molar-refractivity contribution in [3.8, 4) is 0 Å². The Morgan fingerprint density at radius 2 is 1.35 bits per heavy atom. The Morgan fingerprint density at radius 1 is 0.850 bits per heavy atom. The number of carboxylic acid groups (broad SMARTS) is 2. The summed E-state index contributed by atoms with van der Waals surface area (Å²) in [4.78, 5) is 22.5. The zero-order chi connectivity index (χ0) is 15.1. The van der Waals surface area contributed by atoms with Gasteiger partial charge in [-0.05, 0) is 39.9 Å². The van der Waals surface area contributed by atoms with Crippen LogP contribution in [0.1, 0.15) is 47.1 Å². The monoisotopic (exact) mass is 272 g/mol. The lowest BCUT2D eigenvalue weighted by Crippen LogP contribution is -2.11. The lowest BCUT2D eigenvalue weighted by Gasteiger charge is -2.20. The van der Waals surface area contributed by atoms with E-state index in [1.54, 1.807) is 12.1 Å². The largest absolute Gasteiger partial charge is 0.478 e. The molecular weight excluding hydrogens is 256 g/mol. The second-order valence-corrected chi connectivity index (χ2v) is 5.78. The van der Waals surface area contributed by atoms with Crippen LogP contribution in [0.25, 0.3) is 10.8 Å². The van der Waals surface area contributed by atoms with Crippen molar-refractivity contribution in [1.82, 2.24) is 0 Å². The fourth-order valence-corrected chi connectivity index (χ4v) is 2.19. The Balaban J connectivity index is 2.86. The van der Waals surface area contributed by atoms with E-state index in [1.165, 1.54) is 12.1 Å². The molecule has 0 aliphatic rings. The Morgan fingerprint density at radius 3 is 1.80 bits per heavy atom. The van der Waals surface area contributed by atoms with Crippen LogP contribution in [0.5, 0.6) is 0 Å². The number of carbonyl (C=O) groups is 2. The average Bonchev–Trinajstić information content (AvgIpc) is 2.35. The number of rotatable bonds is 2. The van der Waals surface area contributed by atoms with E-state index in [4.69, 9.17) is 0 Å².